The Bertz CT molecular complexity index is 622. The molecule has 0 fully saturated rings. The molecule has 20 heavy (non-hydrogen) atoms. The molecule has 5 heteroatoms. The zero-order valence-electron chi connectivity index (χ0n) is 11.3. The Balaban J connectivity index is 1.71. The van der Waals surface area contributed by atoms with Crippen LogP contribution in [0.4, 0.5) is 4.39 Å². The normalized spacial score (nSPS) is 14.5. The van der Waals surface area contributed by atoms with E-state index >= 15 is 0 Å². The number of furan rings is 1. The second kappa shape index (κ2) is 5.36. The lowest BCUT2D eigenvalue weighted by molar-refractivity contribution is 0.530. The number of likely N-dealkylation sites (N-methyl/N-ethyl adjacent to an activating group) is 1. The summed E-state index contributed by atoms with van der Waals surface area (Å²) in [5.41, 5.74) is 1.36. The van der Waals surface area contributed by atoms with Gasteiger partial charge >= 0.3 is 0 Å². The minimum Gasteiger partial charge on any atom is -0.464 e. The highest BCUT2D eigenvalue weighted by Crippen LogP contribution is 2.22. The van der Waals surface area contributed by atoms with Crippen LogP contribution in [0.15, 0.2) is 46.0 Å². The lowest BCUT2D eigenvalue weighted by atomic mass is 10.1. The number of guanidine groups is 1. The summed E-state index contributed by atoms with van der Waals surface area (Å²) in [6.45, 7) is 2.12. The van der Waals surface area contributed by atoms with Crippen molar-refractivity contribution in [1.29, 1.82) is 0 Å². The Labute approximate surface area is 116 Å². The fourth-order valence-corrected chi connectivity index (χ4v) is 2.18. The van der Waals surface area contributed by atoms with Gasteiger partial charge in [-0.15, -0.1) is 0 Å². The van der Waals surface area contributed by atoms with Gasteiger partial charge < -0.3 is 14.6 Å². The number of benzene rings is 1. The fraction of sp³-hybridized carbons (Fsp3) is 0.267. The minimum atomic E-state index is -0.243. The van der Waals surface area contributed by atoms with E-state index in [0.717, 1.165) is 24.6 Å². The van der Waals surface area contributed by atoms with E-state index in [-0.39, 0.29) is 5.82 Å². The molecule has 4 nitrogen and oxygen atoms in total. The van der Waals surface area contributed by atoms with Gasteiger partial charge in [-0.1, -0.05) is 12.1 Å². The third kappa shape index (κ3) is 2.52. The number of rotatable bonds is 3. The highest BCUT2D eigenvalue weighted by molar-refractivity contribution is 5.81. The summed E-state index contributed by atoms with van der Waals surface area (Å²) in [5, 5.41) is 3.16. The van der Waals surface area contributed by atoms with Gasteiger partial charge in [-0.05, 0) is 18.2 Å². The first-order chi connectivity index (χ1) is 9.74. The van der Waals surface area contributed by atoms with Crippen molar-refractivity contribution in [3.8, 4) is 11.3 Å². The summed E-state index contributed by atoms with van der Waals surface area (Å²) in [4.78, 5) is 6.34. The third-order valence-corrected chi connectivity index (χ3v) is 3.35. The van der Waals surface area contributed by atoms with Gasteiger partial charge in [0.1, 0.15) is 11.6 Å². The minimum absolute atomic E-state index is 0.243. The van der Waals surface area contributed by atoms with Gasteiger partial charge in [-0.25, -0.2) is 4.39 Å². The molecule has 0 unspecified atom stereocenters. The van der Waals surface area contributed by atoms with E-state index in [9.17, 15) is 4.39 Å². The molecular weight excluding hydrogens is 257 g/mol. The molecule has 0 spiro atoms. The molecule has 0 radical (unpaired) electrons. The van der Waals surface area contributed by atoms with Gasteiger partial charge in [0.2, 0.25) is 0 Å². The van der Waals surface area contributed by atoms with Gasteiger partial charge in [0.25, 0.3) is 0 Å². The van der Waals surface area contributed by atoms with Crippen LogP contribution < -0.4 is 5.32 Å². The van der Waals surface area contributed by atoms with Crippen LogP contribution in [0.25, 0.3) is 11.3 Å². The number of hydrogen-bond acceptors (Lipinski definition) is 4. The Kier molecular flexibility index (Phi) is 3.41. The van der Waals surface area contributed by atoms with E-state index in [0.29, 0.717) is 17.9 Å². The van der Waals surface area contributed by atoms with Crippen molar-refractivity contribution in [3.05, 3.63) is 48.0 Å². The van der Waals surface area contributed by atoms with E-state index in [1.54, 1.807) is 18.4 Å². The molecule has 0 saturated heterocycles. The fourth-order valence-electron chi connectivity index (χ4n) is 2.18. The predicted octanol–water partition coefficient (Wildman–Crippen LogP) is 2.48. The average Bonchev–Trinajstić information content (AvgIpc) is 3.09. The van der Waals surface area contributed by atoms with E-state index in [1.807, 2.05) is 24.1 Å². The highest BCUT2D eigenvalue weighted by atomic mass is 19.1. The average molecular weight is 273 g/mol. The van der Waals surface area contributed by atoms with Crippen molar-refractivity contribution in [2.75, 3.05) is 20.1 Å². The predicted molar refractivity (Wildman–Crippen MR) is 75.9 cm³/mol. The molecule has 0 aliphatic carbocycles. The van der Waals surface area contributed by atoms with E-state index < -0.39 is 0 Å². The largest absolute Gasteiger partial charge is 0.464 e. The Hall–Kier alpha value is -2.30. The van der Waals surface area contributed by atoms with Gasteiger partial charge in [0.05, 0.1) is 12.8 Å². The van der Waals surface area contributed by atoms with Crippen molar-refractivity contribution in [2.45, 2.75) is 6.54 Å². The maximum atomic E-state index is 14.1. The van der Waals surface area contributed by atoms with Crippen LogP contribution in [0.3, 0.4) is 0 Å². The molecule has 3 rings (SSSR count). The van der Waals surface area contributed by atoms with Crippen molar-refractivity contribution < 1.29 is 8.81 Å². The van der Waals surface area contributed by atoms with Crippen LogP contribution in [-0.2, 0) is 6.54 Å². The molecule has 0 amide bonds. The first-order valence-electron chi connectivity index (χ1n) is 6.56. The monoisotopic (exact) mass is 273 g/mol. The van der Waals surface area contributed by atoms with E-state index in [1.165, 1.54) is 6.07 Å². The molecule has 1 aliphatic heterocycles. The van der Waals surface area contributed by atoms with Gasteiger partial charge in [0.15, 0.2) is 5.96 Å². The molecule has 1 aromatic carbocycles. The lowest BCUT2D eigenvalue weighted by Crippen LogP contribution is -2.35. The number of nitrogens with zero attached hydrogens (tertiary/aromatic N) is 2. The Morgan fingerprint density at radius 3 is 2.95 bits per heavy atom. The number of halogens is 1. The van der Waals surface area contributed by atoms with Crippen molar-refractivity contribution in [3.63, 3.8) is 0 Å². The standard InChI is InChI=1S/C15H16FN3O/c1-19-7-6-17-15(19)18-10-12-5-4-11(9-13(12)16)14-3-2-8-20-14/h2-5,8-9H,6-7,10H2,1H3,(H,17,18). The lowest BCUT2D eigenvalue weighted by Gasteiger charge is -2.15. The molecule has 1 N–H and O–H groups in total. The van der Waals surface area contributed by atoms with Gasteiger partial charge in [-0.3, -0.25) is 4.99 Å². The van der Waals surface area contributed by atoms with Crippen LogP contribution >= 0.6 is 0 Å². The third-order valence-electron chi connectivity index (χ3n) is 3.35. The smallest absolute Gasteiger partial charge is 0.194 e. The summed E-state index contributed by atoms with van der Waals surface area (Å²) >= 11 is 0. The first-order valence-corrected chi connectivity index (χ1v) is 6.56. The Morgan fingerprint density at radius 1 is 1.40 bits per heavy atom. The first kappa shape index (κ1) is 12.7. The van der Waals surface area contributed by atoms with E-state index in [2.05, 4.69) is 10.3 Å². The summed E-state index contributed by atoms with van der Waals surface area (Å²) in [7, 11) is 1.97. The van der Waals surface area contributed by atoms with Gasteiger partial charge in [-0.2, -0.15) is 0 Å². The second-order valence-electron chi connectivity index (χ2n) is 4.76. The topological polar surface area (TPSA) is 40.8 Å². The highest BCUT2D eigenvalue weighted by Gasteiger charge is 2.13. The molecule has 2 aromatic rings. The molecule has 0 saturated carbocycles. The van der Waals surface area contributed by atoms with E-state index in [4.69, 9.17) is 4.42 Å². The van der Waals surface area contributed by atoms with Crippen LogP contribution in [-0.4, -0.2) is 31.0 Å². The molecule has 2 heterocycles. The zero-order valence-corrected chi connectivity index (χ0v) is 11.3. The Morgan fingerprint density at radius 2 is 2.30 bits per heavy atom. The quantitative estimate of drug-likeness (QED) is 0.934. The maximum Gasteiger partial charge on any atom is 0.194 e. The second-order valence-corrected chi connectivity index (χ2v) is 4.76. The summed E-state index contributed by atoms with van der Waals surface area (Å²) < 4.78 is 19.3. The summed E-state index contributed by atoms with van der Waals surface area (Å²) in [6, 6.07) is 8.73. The summed E-state index contributed by atoms with van der Waals surface area (Å²) in [6.07, 6.45) is 1.58. The van der Waals surface area contributed by atoms with Crippen molar-refractivity contribution in [1.82, 2.24) is 10.2 Å². The van der Waals surface area contributed by atoms with Crippen LogP contribution in [0.1, 0.15) is 5.56 Å². The van der Waals surface area contributed by atoms with Gasteiger partial charge in [0, 0.05) is 31.3 Å². The molecular formula is C15H16FN3O. The van der Waals surface area contributed by atoms with Crippen molar-refractivity contribution >= 4 is 5.96 Å². The van der Waals surface area contributed by atoms with Crippen LogP contribution in [0, 0.1) is 5.82 Å². The number of hydrogen-bond donors (Lipinski definition) is 1. The van der Waals surface area contributed by atoms with Crippen molar-refractivity contribution in [2.24, 2.45) is 4.99 Å². The molecule has 1 aliphatic rings. The number of aliphatic imine (C=N–C) groups is 1. The molecule has 1 aromatic heterocycles. The SMILES string of the molecule is CN1CCN=C1NCc1ccc(-c2ccco2)cc1F. The summed E-state index contributed by atoms with van der Waals surface area (Å²) in [5.74, 6) is 1.25. The molecule has 104 valence electrons. The number of nitrogens with one attached hydrogen (secondary N) is 1. The molecule has 0 atom stereocenters. The van der Waals surface area contributed by atoms with Crippen LogP contribution in [0.2, 0.25) is 0 Å². The maximum absolute atomic E-state index is 14.1. The van der Waals surface area contributed by atoms with Crippen LogP contribution in [0.5, 0.6) is 0 Å². The zero-order chi connectivity index (χ0) is 13.9. The molecule has 0 bridgehead atoms.